The first-order valence-electron chi connectivity index (χ1n) is 4.27. The third-order valence-corrected chi connectivity index (χ3v) is 0.980. The van der Waals surface area contributed by atoms with E-state index < -0.39 is 5.97 Å². The molecule has 0 saturated heterocycles. The van der Waals surface area contributed by atoms with Crippen LogP contribution < -0.4 is 11.5 Å². The van der Waals surface area contributed by atoms with Gasteiger partial charge < -0.3 is 16.6 Å². The van der Waals surface area contributed by atoms with Gasteiger partial charge in [0, 0.05) is 6.92 Å². The highest BCUT2D eigenvalue weighted by Crippen LogP contribution is 1.99. The van der Waals surface area contributed by atoms with E-state index in [2.05, 4.69) is 11.5 Å². The zero-order chi connectivity index (χ0) is 13.1. The first kappa shape index (κ1) is 16.3. The quantitative estimate of drug-likeness (QED) is 0.393. The molecule has 1 aromatic carbocycles. The molecule has 90 valence electrons. The Morgan fingerprint density at radius 1 is 1.44 bits per heavy atom. The van der Waals surface area contributed by atoms with Gasteiger partial charge in [-0.05, 0) is 24.6 Å². The van der Waals surface area contributed by atoms with Crippen molar-refractivity contribution in [1.82, 2.24) is 0 Å². The van der Waals surface area contributed by atoms with Gasteiger partial charge in [-0.25, -0.2) is 4.39 Å². The molecule has 0 aliphatic heterocycles. The Kier molecular flexibility index (Phi) is 9.64. The molecule has 0 aliphatic carbocycles. The molecule has 0 unspecified atom stereocenters. The summed E-state index contributed by atoms with van der Waals surface area (Å²) in [5.41, 5.74) is 9.91. The first-order chi connectivity index (χ1) is 7.25. The maximum absolute atomic E-state index is 12.2. The molecule has 6 N–H and O–H groups in total. The molecule has 6 heteroatoms. The fourth-order valence-electron chi connectivity index (χ4n) is 0.606. The summed E-state index contributed by atoms with van der Waals surface area (Å²) in [6.45, 7) is 2.95. The van der Waals surface area contributed by atoms with Crippen molar-refractivity contribution in [3.05, 3.63) is 35.6 Å². The summed E-state index contributed by atoms with van der Waals surface area (Å²) in [7, 11) is 0. The van der Waals surface area contributed by atoms with Crippen LogP contribution in [0.25, 0.3) is 0 Å². The molecule has 0 heterocycles. The summed E-state index contributed by atoms with van der Waals surface area (Å²) < 4.78 is 12.2. The van der Waals surface area contributed by atoms with Crippen LogP contribution >= 0.6 is 0 Å². The maximum atomic E-state index is 12.2. The van der Waals surface area contributed by atoms with Gasteiger partial charge in [0.25, 0.3) is 5.97 Å². The first-order valence-corrected chi connectivity index (χ1v) is 4.27. The summed E-state index contributed by atoms with van der Waals surface area (Å²) >= 11 is 0. The molecular weight excluding hydrogens is 213 g/mol. The van der Waals surface area contributed by atoms with Gasteiger partial charge in [0.1, 0.15) is 5.82 Å². The zero-order valence-corrected chi connectivity index (χ0v) is 9.20. The molecular formula is C10H16FN3O2. The molecule has 1 rings (SSSR count). The molecule has 16 heavy (non-hydrogen) atoms. The lowest BCUT2D eigenvalue weighted by Gasteiger charge is -1.87. The van der Waals surface area contributed by atoms with Crippen molar-refractivity contribution < 1.29 is 14.3 Å². The van der Waals surface area contributed by atoms with E-state index in [0.717, 1.165) is 12.5 Å². The number of carbonyl (C=O) groups is 1. The Balaban J connectivity index is 0. The minimum atomic E-state index is -0.833. The van der Waals surface area contributed by atoms with Crippen LogP contribution in [-0.4, -0.2) is 17.0 Å². The molecule has 1 aromatic rings. The van der Waals surface area contributed by atoms with Crippen molar-refractivity contribution >= 4 is 11.9 Å². The van der Waals surface area contributed by atoms with Crippen molar-refractivity contribution in [1.29, 1.82) is 5.41 Å². The van der Waals surface area contributed by atoms with Crippen LogP contribution in [0, 0.1) is 18.2 Å². The highest BCUT2D eigenvalue weighted by atomic mass is 19.1. The van der Waals surface area contributed by atoms with Gasteiger partial charge in [-0.1, -0.05) is 12.1 Å². The predicted molar refractivity (Wildman–Crippen MR) is 60.5 cm³/mol. The van der Waals surface area contributed by atoms with Gasteiger partial charge in [-0.3, -0.25) is 10.2 Å². The van der Waals surface area contributed by atoms with E-state index in [0.29, 0.717) is 0 Å². The van der Waals surface area contributed by atoms with Gasteiger partial charge in [0.2, 0.25) is 0 Å². The number of nitrogens with one attached hydrogen (secondary N) is 1. The summed E-state index contributed by atoms with van der Waals surface area (Å²) in [4.78, 5) is 9.00. The van der Waals surface area contributed by atoms with Gasteiger partial charge in [0.15, 0.2) is 5.96 Å². The summed E-state index contributed by atoms with van der Waals surface area (Å²) in [5.74, 6) is -1.33. The second kappa shape index (κ2) is 9.45. The lowest BCUT2D eigenvalue weighted by atomic mass is 10.2. The largest absolute Gasteiger partial charge is 0.481 e. The van der Waals surface area contributed by atoms with E-state index in [-0.39, 0.29) is 11.8 Å². The number of hydrogen-bond acceptors (Lipinski definition) is 2. The number of carboxylic acids is 1. The summed E-state index contributed by atoms with van der Waals surface area (Å²) in [6, 6.07) is 6.50. The van der Waals surface area contributed by atoms with Crippen LogP contribution in [-0.2, 0) is 4.79 Å². The highest BCUT2D eigenvalue weighted by molar-refractivity contribution is 5.71. The topological polar surface area (TPSA) is 113 Å². The molecule has 5 nitrogen and oxygen atoms in total. The summed E-state index contributed by atoms with van der Waals surface area (Å²) in [6.07, 6.45) is 0. The van der Waals surface area contributed by atoms with Gasteiger partial charge in [-0.15, -0.1) is 0 Å². The van der Waals surface area contributed by atoms with Crippen molar-refractivity contribution in [2.24, 2.45) is 11.5 Å². The van der Waals surface area contributed by atoms with Gasteiger partial charge >= 0.3 is 0 Å². The monoisotopic (exact) mass is 229 g/mol. The Bertz CT molecular complexity index is 305. The third kappa shape index (κ3) is 22.7. The van der Waals surface area contributed by atoms with Crippen molar-refractivity contribution in [3.8, 4) is 0 Å². The molecule has 0 fully saturated rings. The van der Waals surface area contributed by atoms with E-state index >= 15 is 0 Å². The highest BCUT2D eigenvalue weighted by Gasteiger charge is 1.84. The molecule has 0 amide bonds. The third-order valence-electron chi connectivity index (χ3n) is 0.980. The van der Waals surface area contributed by atoms with Crippen LogP contribution in [0.4, 0.5) is 4.39 Å². The molecule has 0 aliphatic rings. The lowest BCUT2D eigenvalue weighted by Crippen LogP contribution is -2.20. The Labute approximate surface area is 93.4 Å². The standard InChI is InChI=1S/C7H7F.C2H4O2.CH5N3/c1-6-3-2-4-7(8)5-6;1-2(3)4;2-1(3)4/h2-5H,1H3;1H3,(H,3,4);(H5,2,3,4). The second-order valence-corrected chi connectivity index (χ2v) is 2.77. The SMILES string of the molecule is CC(=O)O.Cc1cccc(F)c1.N=C(N)N. The Morgan fingerprint density at radius 2 is 1.81 bits per heavy atom. The lowest BCUT2D eigenvalue weighted by molar-refractivity contribution is -0.134. The number of halogens is 1. The smallest absolute Gasteiger partial charge is 0.300 e. The van der Waals surface area contributed by atoms with Crippen molar-refractivity contribution in [2.45, 2.75) is 13.8 Å². The predicted octanol–water partition coefficient (Wildman–Crippen LogP) is 1.06. The Morgan fingerprint density at radius 3 is 2.00 bits per heavy atom. The molecule has 0 atom stereocenters. The molecule has 0 bridgehead atoms. The van der Waals surface area contributed by atoms with E-state index in [1.165, 1.54) is 12.1 Å². The van der Waals surface area contributed by atoms with E-state index in [9.17, 15) is 4.39 Å². The van der Waals surface area contributed by atoms with E-state index in [1.54, 1.807) is 6.07 Å². The fraction of sp³-hybridized carbons (Fsp3) is 0.200. The van der Waals surface area contributed by atoms with E-state index in [4.69, 9.17) is 15.3 Å². The zero-order valence-electron chi connectivity index (χ0n) is 9.20. The van der Waals surface area contributed by atoms with Crippen LogP contribution in [0.15, 0.2) is 24.3 Å². The number of aliphatic carboxylic acids is 1. The number of aryl methyl sites for hydroxylation is 1. The fourth-order valence-corrected chi connectivity index (χ4v) is 0.606. The number of benzene rings is 1. The molecule has 0 saturated carbocycles. The Hall–Kier alpha value is -2.11. The summed E-state index contributed by atoms with van der Waals surface area (Å²) in [5, 5.41) is 13.5. The minimum Gasteiger partial charge on any atom is -0.481 e. The maximum Gasteiger partial charge on any atom is 0.300 e. The number of hydrogen-bond donors (Lipinski definition) is 4. The average molecular weight is 229 g/mol. The van der Waals surface area contributed by atoms with Crippen LogP contribution in [0.3, 0.4) is 0 Å². The molecule has 0 aromatic heterocycles. The number of carboxylic acid groups (broad SMARTS) is 1. The number of guanidine groups is 1. The number of nitrogens with two attached hydrogens (primary N) is 2. The van der Waals surface area contributed by atoms with Crippen LogP contribution in [0.2, 0.25) is 0 Å². The number of rotatable bonds is 0. The van der Waals surface area contributed by atoms with Gasteiger partial charge in [0.05, 0.1) is 0 Å². The normalized spacial score (nSPS) is 7.69. The molecule has 0 spiro atoms. The average Bonchev–Trinajstić information content (AvgIpc) is 2.00. The van der Waals surface area contributed by atoms with Crippen molar-refractivity contribution in [3.63, 3.8) is 0 Å². The van der Waals surface area contributed by atoms with Crippen LogP contribution in [0.5, 0.6) is 0 Å². The van der Waals surface area contributed by atoms with Crippen molar-refractivity contribution in [2.75, 3.05) is 0 Å². The second-order valence-electron chi connectivity index (χ2n) is 2.77. The minimum absolute atomic E-state index is 0.162. The molecule has 0 radical (unpaired) electrons. The van der Waals surface area contributed by atoms with Crippen LogP contribution in [0.1, 0.15) is 12.5 Å². The van der Waals surface area contributed by atoms with Gasteiger partial charge in [-0.2, -0.15) is 0 Å². The van der Waals surface area contributed by atoms with E-state index in [1.807, 2.05) is 13.0 Å².